The fraction of sp³-hybridized carbons (Fsp3) is 0.696. The molecule has 2 heterocycles. The van der Waals surface area contributed by atoms with Crippen molar-refractivity contribution in [1.82, 2.24) is 5.06 Å². The van der Waals surface area contributed by atoms with Gasteiger partial charge in [-0.2, -0.15) is 5.06 Å². The Morgan fingerprint density at radius 3 is 2.60 bits per heavy atom. The maximum Gasteiger partial charge on any atom is 0.338 e. The summed E-state index contributed by atoms with van der Waals surface area (Å²) in [4.78, 5) is 18.4. The van der Waals surface area contributed by atoms with Crippen molar-refractivity contribution in [2.75, 3.05) is 13.2 Å². The summed E-state index contributed by atoms with van der Waals surface area (Å²) in [6.45, 7) is 14.9. The molecule has 0 saturated carbocycles. The number of carbonyl (C=O) groups excluding carboxylic acids is 1. The van der Waals surface area contributed by atoms with Gasteiger partial charge in [0, 0.05) is 6.54 Å². The SMILES string of the molecule is C[C@H]1ON2CC[C@@H](O[Si](C)(C)C(C)(C)C)[C@@]1(Br)[C@@H]2CCCOC(=O)c1ccccc1. The third kappa shape index (κ3) is 4.70. The van der Waals surface area contributed by atoms with Gasteiger partial charge < -0.3 is 9.16 Å². The van der Waals surface area contributed by atoms with Gasteiger partial charge in [0.1, 0.15) is 0 Å². The summed E-state index contributed by atoms with van der Waals surface area (Å²) >= 11 is 4.09. The molecule has 0 aromatic heterocycles. The van der Waals surface area contributed by atoms with Crippen LogP contribution in [0.4, 0.5) is 0 Å². The van der Waals surface area contributed by atoms with Crippen LogP contribution < -0.4 is 0 Å². The summed E-state index contributed by atoms with van der Waals surface area (Å²) < 4.78 is 12.1. The van der Waals surface area contributed by atoms with E-state index in [1.807, 2.05) is 18.2 Å². The molecule has 2 aliphatic rings. The number of halogens is 1. The molecule has 2 bridgehead atoms. The highest BCUT2D eigenvalue weighted by Gasteiger charge is 2.61. The van der Waals surface area contributed by atoms with E-state index < -0.39 is 8.32 Å². The van der Waals surface area contributed by atoms with Gasteiger partial charge in [-0.05, 0) is 56.5 Å². The van der Waals surface area contributed by atoms with Crippen LogP contribution in [0.2, 0.25) is 18.1 Å². The summed E-state index contributed by atoms with van der Waals surface area (Å²) in [5, 5.41) is 2.28. The molecule has 5 atom stereocenters. The van der Waals surface area contributed by atoms with Crippen LogP contribution in [0.5, 0.6) is 0 Å². The second-order valence-corrected chi connectivity index (χ2v) is 16.2. The molecule has 1 aromatic rings. The minimum absolute atomic E-state index is 0.0339. The molecule has 0 amide bonds. The summed E-state index contributed by atoms with van der Waals surface area (Å²) in [5.74, 6) is -0.264. The van der Waals surface area contributed by atoms with Crippen LogP contribution in [0, 0.1) is 0 Å². The molecule has 0 spiro atoms. The number of carbonyl (C=O) groups is 1. The van der Waals surface area contributed by atoms with Crippen molar-refractivity contribution in [2.24, 2.45) is 0 Å². The van der Waals surface area contributed by atoms with Gasteiger partial charge in [-0.1, -0.05) is 54.9 Å². The van der Waals surface area contributed by atoms with E-state index >= 15 is 0 Å². The Kier molecular flexibility index (Phi) is 7.19. The van der Waals surface area contributed by atoms with Crippen molar-refractivity contribution in [3.05, 3.63) is 35.9 Å². The van der Waals surface area contributed by atoms with Crippen molar-refractivity contribution < 1.29 is 18.8 Å². The molecule has 0 radical (unpaired) electrons. The average molecular weight is 499 g/mol. The third-order valence-electron chi connectivity index (χ3n) is 6.99. The number of fused-ring (bicyclic) bond motifs is 2. The molecule has 3 rings (SSSR count). The number of alkyl halides is 1. The third-order valence-corrected chi connectivity index (χ3v) is 13.2. The maximum absolute atomic E-state index is 12.2. The smallest absolute Gasteiger partial charge is 0.338 e. The van der Waals surface area contributed by atoms with E-state index in [9.17, 15) is 4.79 Å². The van der Waals surface area contributed by atoms with Crippen LogP contribution in [0.25, 0.3) is 0 Å². The molecule has 1 aromatic carbocycles. The zero-order valence-electron chi connectivity index (χ0n) is 19.1. The predicted octanol–water partition coefficient (Wildman–Crippen LogP) is 5.56. The minimum Gasteiger partial charge on any atom is -0.462 e. The first kappa shape index (κ1) is 23.9. The van der Waals surface area contributed by atoms with Crippen molar-refractivity contribution in [2.45, 2.75) is 87.7 Å². The Balaban J connectivity index is 1.61. The van der Waals surface area contributed by atoms with Crippen molar-refractivity contribution in [3.63, 3.8) is 0 Å². The van der Waals surface area contributed by atoms with Crippen LogP contribution in [-0.4, -0.2) is 55.1 Å². The van der Waals surface area contributed by atoms with Gasteiger partial charge >= 0.3 is 5.97 Å². The van der Waals surface area contributed by atoms with Gasteiger partial charge in [-0.25, -0.2) is 4.79 Å². The molecule has 30 heavy (non-hydrogen) atoms. The first-order valence-corrected chi connectivity index (χ1v) is 14.7. The van der Waals surface area contributed by atoms with E-state index in [-0.39, 0.29) is 33.6 Å². The summed E-state index contributed by atoms with van der Waals surface area (Å²) in [7, 11) is -1.90. The topological polar surface area (TPSA) is 48.0 Å². The van der Waals surface area contributed by atoms with Crippen LogP contribution in [-0.2, 0) is 14.0 Å². The van der Waals surface area contributed by atoms with E-state index in [1.54, 1.807) is 12.1 Å². The first-order valence-electron chi connectivity index (χ1n) is 11.0. The van der Waals surface area contributed by atoms with Gasteiger partial charge in [-0.15, -0.1) is 0 Å². The molecule has 2 fully saturated rings. The van der Waals surface area contributed by atoms with Crippen molar-refractivity contribution in [3.8, 4) is 0 Å². The minimum atomic E-state index is -1.90. The quantitative estimate of drug-likeness (QED) is 0.213. The number of piperidine rings is 1. The molecule has 2 aliphatic heterocycles. The lowest BCUT2D eigenvalue weighted by Gasteiger charge is -2.48. The molecule has 0 aliphatic carbocycles. The lowest BCUT2D eigenvalue weighted by Crippen LogP contribution is -2.60. The van der Waals surface area contributed by atoms with Gasteiger partial charge in [0.05, 0.1) is 34.7 Å². The zero-order valence-corrected chi connectivity index (χ0v) is 21.7. The second kappa shape index (κ2) is 9.02. The van der Waals surface area contributed by atoms with E-state index in [4.69, 9.17) is 14.0 Å². The van der Waals surface area contributed by atoms with Crippen LogP contribution in [0.3, 0.4) is 0 Å². The molecular formula is C23H36BrNO4Si. The molecule has 168 valence electrons. The molecule has 5 nitrogen and oxygen atoms in total. The summed E-state index contributed by atoms with van der Waals surface area (Å²) in [6.07, 6.45) is 2.78. The number of benzene rings is 1. The lowest BCUT2D eigenvalue weighted by molar-refractivity contribution is -0.160. The summed E-state index contributed by atoms with van der Waals surface area (Å²) in [6, 6.07) is 9.34. The number of nitrogens with zero attached hydrogens (tertiary/aromatic N) is 1. The average Bonchev–Trinajstić information content (AvgIpc) is 2.85. The number of ether oxygens (including phenoxy) is 1. The standard InChI is InChI=1S/C23H36BrNO4Si/c1-17-23(24)19(13-10-16-27-21(26)18-11-8-7-9-12-18)25(28-17)15-14-20(23)29-30(5,6)22(2,3)4/h7-9,11-12,17,19-20H,10,13-16H2,1-6H3/t17-,19+,20-,23+/m1/s1. The number of hydrogen-bond acceptors (Lipinski definition) is 5. The van der Waals surface area contributed by atoms with Gasteiger partial charge in [0.15, 0.2) is 8.32 Å². The number of esters is 1. The normalized spacial score (nSPS) is 31.6. The van der Waals surface area contributed by atoms with Crippen LogP contribution in [0.15, 0.2) is 30.3 Å². The number of rotatable bonds is 7. The first-order chi connectivity index (χ1) is 14.0. The molecule has 0 N–H and O–H groups in total. The van der Waals surface area contributed by atoms with Crippen LogP contribution in [0.1, 0.15) is 57.3 Å². The highest BCUT2D eigenvalue weighted by molar-refractivity contribution is 9.10. The monoisotopic (exact) mass is 497 g/mol. The highest BCUT2D eigenvalue weighted by Crippen LogP contribution is 2.51. The molecule has 1 unspecified atom stereocenters. The Hall–Kier alpha value is -0.733. The number of hydroxylamine groups is 2. The predicted molar refractivity (Wildman–Crippen MR) is 125 cm³/mol. The van der Waals surface area contributed by atoms with E-state index in [2.05, 4.69) is 61.8 Å². The summed E-state index contributed by atoms with van der Waals surface area (Å²) in [5.41, 5.74) is 0.593. The molecule has 2 saturated heterocycles. The van der Waals surface area contributed by atoms with Crippen molar-refractivity contribution in [1.29, 1.82) is 0 Å². The Bertz CT molecular complexity index is 738. The molecular weight excluding hydrogens is 462 g/mol. The Morgan fingerprint density at radius 1 is 1.30 bits per heavy atom. The van der Waals surface area contributed by atoms with E-state index in [0.717, 1.165) is 25.8 Å². The Morgan fingerprint density at radius 2 is 1.97 bits per heavy atom. The fourth-order valence-corrected chi connectivity index (χ4v) is 6.56. The van der Waals surface area contributed by atoms with Gasteiger partial charge in [-0.3, -0.25) is 4.84 Å². The van der Waals surface area contributed by atoms with Crippen molar-refractivity contribution >= 4 is 30.2 Å². The maximum atomic E-state index is 12.2. The number of hydrogen-bond donors (Lipinski definition) is 0. The fourth-order valence-electron chi connectivity index (χ4n) is 4.15. The van der Waals surface area contributed by atoms with E-state index in [1.165, 1.54) is 0 Å². The molecule has 7 heteroatoms. The second-order valence-electron chi connectivity index (χ2n) is 10.0. The largest absolute Gasteiger partial charge is 0.462 e. The van der Waals surface area contributed by atoms with Crippen LogP contribution >= 0.6 is 15.9 Å². The Labute approximate surface area is 190 Å². The lowest BCUT2D eigenvalue weighted by atomic mass is 9.83. The van der Waals surface area contributed by atoms with Gasteiger partial charge in [0.2, 0.25) is 0 Å². The zero-order chi connectivity index (χ0) is 22.2. The van der Waals surface area contributed by atoms with Gasteiger partial charge in [0.25, 0.3) is 0 Å². The highest BCUT2D eigenvalue weighted by atomic mass is 79.9. The van der Waals surface area contributed by atoms with E-state index in [0.29, 0.717) is 12.2 Å².